The fourth-order valence-corrected chi connectivity index (χ4v) is 7.98. The van der Waals surface area contributed by atoms with E-state index in [2.05, 4.69) is 19.2 Å². The molecule has 0 bridgehead atoms. The van der Waals surface area contributed by atoms with Gasteiger partial charge >= 0.3 is 17.9 Å². The van der Waals surface area contributed by atoms with Gasteiger partial charge in [-0.15, -0.1) is 0 Å². The number of ether oxygens (including phenoxy) is 7. The zero-order chi connectivity index (χ0) is 46.6. The Morgan fingerprint density at radius 2 is 1.65 bits per heavy atom. The second-order valence-electron chi connectivity index (χ2n) is 17.4. The first-order valence-corrected chi connectivity index (χ1v) is 23.4. The Hall–Kier alpha value is -5.01. The number of hydrogen-bond acceptors (Lipinski definition) is 12. The Morgan fingerprint density at radius 3 is 2.38 bits per heavy atom. The van der Waals surface area contributed by atoms with E-state index in [1.165, 1.54) is 6.08 Å². The zero-order valence-electron chi connectivity index (χ0n) is 38.7. The quantitative estimate of drug-likeness (QED) is 0.0216. The van der Waals surface area contributed by atoms with Gasteiger partial charge in [0.15, 0.2) is 12.6 Å². The summed E-state index contributed by atoms with van der Waals surface area (Å²) in [6.45, 7) is 14.8. The summed E-state index contributed by atoms with van der Waals surface area (Å²) in [7, 11) is 0. The Kier molecular flexibility index (Phi) is 20.6. The van der Waals surface area contributed by atoms with Gasteiger partial charge in [-0.25, -0.2) is 9.59 Å². The molecule has 0 heterocycles. The van der Waals surface area contributed by atoms with Crippen LogP contribution in [-0.2, 0) is 49.2 Å². The lowest BCUT2D eigenvalue weighted by Crippen LogP contribution is -2.32. The molecule has 0 aromatic heterocycles. The average Bonchev–Trinajstić information content (AvgIpc) is 3.46. The van der Waals surface area contributed by atoms with Crippen molar-refractivity contribution in [2.24, 2.45) is 11.3 Å². The molecule has 12 nitrogen and oxygen atoms in total. The number of carbonyl (C=O) groups excluding carboxylic acids is 3. The minimum absolute atomic E-state index is 0.0158. The minimum Gasteiger partial charge on any atom is -0.498 e. The lowest BCUT2D eigenvalue weighted by molar-refractivity contribution is -0.152. The van der Waals surface area contributed by atoms with Crippen molar-refractivity contribution in [2.45, 2.75) is 136 Å². The van der Waals surface area contributed by atoms with Gasteiger partial charge in [-0.3, -0.25) is 4.79 Å². The van der Waals surface area contributed by atoms with Crippen LogP contribution in [0.3, 0.4) is 0 Å². The van der Waals surface area contributed by atoms with Crippen LogP contribution in [0.15, 0.2) is 108 Å². The van der Waals surface area contributed by atoms with Crippen LogP contribution in [0.5, 0.6) is 5.75 Å². The molecule has 4 aliphatic carbocycles. The van der Waals surface area contributed by atoms with Gasteiger partial charge in [0, 0.05) is 24.7 Å². The van der Waals surface area contributed by atoms with Gasteiger partial charge in [-0.2, -0.15) is 0 Å². The molecule has 354 valence electrons. The van der Waals surface area contributed by atoms with Crippen molar-refractivity contribution in [3.05, 3.63) is 119 Å². The number of esters is 3. The van der Waals surface area contributed by atoms with Crippen molar-refractivity contribution in [1.82, 2.24) is 0 Å². The third-order valence-corrected chi connectivity index (χ3v) is 12.0. The van der Waals surface area contributed by atoms with E-state index in [1.807, 2.05) is 43.4 Å². The Morgan fingerprint density at radius 1 is 0.908 bits per heavy atom. The smallest absolute Gasteiger partial charge is 0.339 e. The summed E-state index contributed by atoms with van der Waals surface area (Å²) in [5, 5.41) is 20.8. The van der Waals surface area contributed by atoms with Gasteiger partial charge in [0.1, 0.15) is 23.5 Å². The van der Waals surface area contributed by atoms with E-state index < -0.39 is 42.0 Å². The lowest BCUT2D eigenvalue weighted by atomic mass is 9.80. The monoisotopic (exact) mass is 898 g/mol. The number of benzene rings is 1. The van der Waals surface area contributed by atoms with Crippen molar-refractivity contribution in [2.75, 3.05) is 33.0 Å². The number of allylic oxidation sites excluding steroid dienone is 5. The largest absolute Gasteiger partial charge is 0.498 e. The summed E-state index contributed by atoms with van der Waals surface area (Å²) in [6.07, 6.45) is 23.4. The normalized spacial score (nSPS) is 21.0. The number of rotatable bonds is 27. The molecule has 1 aromatic carbocycles. The first kappa shape index (κ1) is 51.0. The van der Waals surface area contributed by atoms with Gasteiger partial charge in [0.25, 0.3) is 0 Å². The van der Waals surface area contributed by atoms with Crippen LogP contribution in [0.4, 0.5) is 0 Å². The first-order valence-electron chi connectivity index (χ1n) is 23.4. The molecule has 0 aliphatic heterocycles. The van der Waals surface area contributed by atoms with E-state index >= 15 is 0 Å². The molecule has 4 aliphatic rings. The van der Waals surface area contributed by atoms with Gasteiger partial charge in [-0.05, 0) is 161 Å². The van der Waals surface area contributed by atoms with Crippen LogP contribution in [0.1, 0.15) is 122 Å². The second kappa shape index (κ2) is 26.2. The van der Waals surface area contributed by atoms with E-state index in [-0.39, 0.29) is 18.8 Å². The molecule has 0 saturated carbocycles. The summed E-state index contributed by atoms with van der Waals surface area (Å²) in [6, 6.07) is 5.88. The molecule has 0 fully saturated rings. The van der Waals surface area contributed by atoms with E-state index in [4.69, 9.17) is 33.2 Å². The molecule has 12 heteroatoms. The van der Waals surface area contributed by atoms with Gasteiger partial charge in [-0.1, -0.05) is 56.9 Å². The van der Waals surface area contributed by atoms with Crippen molar-refractivity contribution in [3.63, 3.8) is 0 Å². The predicted octanol–water partition coefficient (Wildman–Crippen LogP) is 9.77. The number of carbonyl (C=O) groups is 3. The van der Waals surface area contributed by atoms with Crippen LogP contribution < -0.4 is 4.74 Å². The SMILES string of the molecule is C=CC(=O)OCCCCCCOC1=CC=C2C=C(C(O)OC3C=CC(C)(C(=O)OCC(=C)C)C(OC(=O)C4=Cc5ccc(OCCCCCCOC(O)CC)cc5CC4)=CC3)CCC2C1. The Balaban J connectivity index is 1.15. The number of hydrogen-bond donors (Lipinski definition) is 2. The molecular formula is C53H70O12. The van der Waals surface area contributed by atoms with Crippen LogP contribution in [0, 0.1) is 11.3 Å². The number of aliphatic hydroxyl groups excluding tert-OH is 2. The maximum Gasteiger partial charge on any atom is 0.339 e. The summed E-state index contributed by atoms with van der Waals surface area (Å²) >= 11 is 0. The maximum atomic E-state index is 13.8. The Bertz CT molecular complexity index is 2000. The Labute approximate surface area is 385 Å². The van der Waals surface area contributed by atoms with Crippen LogP contribution in [-0.4, -0.2) is 79.8 Å². The molecule has 5 unspecified atom stereocenters. The van der Waals surface area contributed by atoms with E-state index in [1.54, 1.807) is 32.1 Å². The van der Waals surface area contributed by atoms with Crippen LogP contribution in [0.2, 0.25) is 0 Å². The minimum atomic E-state index is -1.45. The predicted molar refractivity (Wildman–Crippen MR) is 249 cm³/mol. The molecule has 0 saturated heterocycles. The molecule has 0 amide bonds. The number of aliphatic hydroxyl groups is 2. The fraction of sp³-hybridized carbons (Fsp3) is 0.528. The topological polar surface area (TPSA) is 156 Å². The molecule has 65 heavy (non-hydrogen) atoms. The first-order chi connectivity index (χ1) is 31.4. The van der Waals surface area contributed by atoms with Crippen molar-refractivity contribution in [1.29, 1.82) is 0 Å². The maximum absolute atomic E-state index is 13.8. The molecule has 0 spiro atoms. The lowest BCUT2D eigenvalue weighted by Gasteiger charge is -2.30. The van der Waals surface area contributed by atoms with Gasteiger partial charge in [0.2, 0.25) is 0 Å². The summed E-state index contributed by atoms with van der Waals surface area (Å²) in [5.74, 6) is 0.634. The number of fused-ring (bicyclic) bond motifs is 2. The van der Waals surface area contributed by atoms with E-state index in [9.17, 15) is 24.6 Å². The number of aryl methyl sites for hydroxylation is 1. The molecule has 0 radical (unpaired) electrons. The van der Waals surface area contributed by atoms with E-state index in [0.717, 1.165) is 98.0 Å². The molecule has 5 atom stereocenters. The zero-order valence-corrected chi connectivity index (χ0v) is 38.7. The third kappa shape index (κ3) is 16.1. The summed E-state index contributed by atoms with van der Waals surface area (Å²) in [5.41, 5.74) is 3.59. The van der Waals surface area contributed by atoms with Crippen LogP contribution in [0.25, 0.3) is 6.08 Å². The number of unbranched alkanes of at least 4 members (excludes halogenated alkanes) is 6. The fourth-order valence-electron chi connectivity index (χ4n) is 7.98. The summed E-state index contributed by atoms with van der Waals surface area (Å²) < 4.78 is 40.3. The highest BCUT2D eigenvalue weighted by Gasteiger charge is 2.41. The van der Waals surface area contributed by atoms with Gasteiger partial charge < -0.3 is 43.4 Å². The molecule has 2 N–H and O–H groups in total. The highest BCUT2D eigenvalue weighted by Crippen LogP contribution is 2.39. The highest BCUT2D eigenvalue weighted by atomic mass is 16.6. The van der Waals surface area contributed by atoms with Gasteiger partial charge in [0.05, 0.1) is 31.7 Å². The molecule has 5 rings (SSSR count). The van der Waals surface area contributed by atoms with Crippen LogP contribution >= 0.6 is 0 Å². The molecular weight excluding hydrogens is 829 g/mol. The van der Waals surface area contributed by atoms with Crippen molar-refractivity contribution < 1.29 is 57.8 Å². The summed E-state index contributed by atoms with van der Waals surface area (Å²) in [4.78, 5) is 38.7. The third-order valence-electron chi connectivity index (χ3n) is 12.0. The van der Waals surface area contributed by atoms with Crippen molar-refractivity contribution in [3.8, 4) is 5.75 Å². The van der Waals surface area contributed by atoms with E-state index in [0.29, 0.717) is 69.2 Å². The second-order valence-corrected chi connectivity index (χ2v) is 17.4. The average molecular weight is 899 g/mol. The van der Waals surface area contributed by atoms with Crippen molar-refractivity contribution >= 4 is 24.0 Å². The molecule has 1 aromatic rings. The highest BCUT2D eigenvalue weighted by molar-refractivity contribution is 5.96. The standard InChI is InChI=1S/C53H70O12/c1-6-48(54)61-30-14-10-8-12-28-59-45-22-20-38-32-42(18-16-40(38)34-45)50(56)64-44-24-25-47(53(5,27-26-44)52(58)63-36-37(3)4)65-51(57)43-19-17-41-35-46(23-21-39(41)33-43)60-29-13-9-11-15-31-62-49(55)7-2/h6,20-23,25-27,32-33,35,40,44,49-50,55-56H,1,3,7-19,24,28-31,34,36H2,2,4-5H3.